The Labute approximate surface area is 205 Å². The van der Waals surface area contributed by atoms with Crippen LogP contribution in [0.4, 0.5) is 10.8 Å². The minimum Gasteiger partial charge on any atom is -0.465 e. The molecular formula is C24H34ClN5O4. The first-order chi connectivity index (χ1) is 15.8. The highest BCUT2D eigenvalue weighted by Gasteiger charge is 2.37. The average Bonchev–Trinajstić information content (AvgIpc) is 3.17. The Balaban J connectivity index is 0.00000274. The number of fused-ring (bicyclic) bond motifs is 3. The SMILES string of the molecule is CC1CN(C(=O)O)CC(C)N1c1nc2c(C(=O)NC3CC4CCCC(C3)N4C)cccc2o1.Cl. The maximum absolute atomic E-state index is 13.3. The molecule has 0 aliphatic carbocycles. The molecule has 2 aromatic rings. The Hall–Kier alpha value is -2.52. The van der Waals surface area contributed by atoms with Gasteiger partial charge in [0.15, 0.2) is 5.58 Å². The van der Waals surface area contributed by atoms with Gasteiger partial charge in [-0.05, 0) is 58.7 Å². The zero-order valence-corrected chi connectivity index (χ0v) is 20.8. The molecule has 0 saturated carbocycles. The minimum atomic E-state index is -0.914. The zero-order valence-electron chi connectivity index (χ0n) is 19.9. The third-order valence-electron chi connectivity index (χ3n) is 7.74. The highest BCUT2D eigenvalue weighted by molar-refractivity contribution is 6.04. The highest BCUT2D eigenvalue weighted by atomic mass is 35.5. The van der Waals surface area contributed by atoms with E-state index < -0.39 is 6.09 Å². The standard InChI is InChI=1S/C24H33N5O4.ClH/c1-14-12-28(24(31)32)13-15(2)29(14)23-26-21-19(8-5-9-20(21)33-23)22(30)25-16-10-17-6-4-7-18(11-16)27(17)3;/h5,8-9,14-18H,4,6-7,10-13H2,1-3H3,(H,25,30)(H,31,32);1H. The van der Waals surface area contributed by atoms with E-state index in [4.69, 9.17) is 9.40 Å². The van der Waals surface area contributed by atoms with Gasteiger partial charge in [-0.1, -0.05) is 12.5 Å². The van der Waals surface area contributed by atoms with Crippen molar-refractivity contribution < 1.29 is 19.1 Å². The van der Waals surface area contributed by atoms with Gasteiger partial charge in [0.05, 0.1) is 5.56 Å². The van der Waals surface area contributed by atoms with E-state index in [1.165, 1.54) is 24.2 Å². The van der Waals surface area contributed by atoms with E-state index in [-0.39, 0.29) is 36.4 Å². The summed E-state index contributed by atoms with van der Waals surface area (Å²) >= 11 is 0. The van der Waals surface area contributed by atoms with Crippen molar-refractivity contribution in [3.8, 4) is 0 Å². The van der Waals surface area contributed by atoms with Crippen LogP contribution in [-0.2, 0) is 0 Å². The van der Waals surface area contributed by atoms with Crippen LogP contribution in [0, 0.1) is 0 Å². The van der Waals surface area contributed by atoms with Gasteiger partial charge in [0.25, 0.3) is 11.9 Å². The van der Waals surface area contributed by atoms with Crippen LogP contribution in [0.25, 0.3) is 11.1 Å². The van der Waals surface area contributed by atoms with Crippen LogP contribution in [0.1, 0.15) is 56.3 Å². The van der Waals surface area contributed by atoms with Gasteiger partial charge in [-0.15, -0.1) is 12.4 Å². The van der Waals surface area contributed by atoms with Crippen molar-refractivity contribution >= 4 is 41.5 Å². The first kappa shape index (κ1) is 24.6. The Bertz CT molecular complexity index is 1040. The lowest BCUT2D eigenvalue weighted by atomic mass is 9.82. The molecule has 4 atom stereocenters. The van der Waals surface area contributed by atoms with Gasteiger partial charge in [-0.2, -0.15) is 4.98 Å². The van der Waals surface area contributed by atoms with Crippen LogP contribution in [0.5, 0.6) is 0 Å². The first-order valence-electron chi connectivity index (χ1n) is 12.0. The van der Waals surface area contributed by atoms with E-state index in [1.807, 2.05) is 30.9 Å². The molecule has 3 saturated heterocycles. The van der Waals surface area contributed by atoms with E-state index in [0.29, 0.717) is 47.9 Å². The molecule has 3 aliphatic heterocycles. The molecule has 2 amide bonds. The number of rotatable bonds is 3. The number of halogens is 1. The van der Waals surface area contributed by atoms with Gasteiger partial charge in [0, 0.05) is 43.3 Å². The van der Waals surface area contributed by atoms with Gasteiger partial charge < -0.3 is 29.5 Å². The number of amides is 2. The molecule has 3 aliphatic rings. The number of piperidine rings is 2. The number of carboxylic acid groups (broad SMARTS) is 1. The van der Waals surface area contributed by atoms with Crippen molar-refractivity contribution in [2.24, 2.45) is 0 Å². The van der Waals surface area contributed by atoms with Crippen molar-refractivity contribution in [1.82, 2.24) is 20.1 Å². The molecule has 9 nitrogen and oxygen atoms in total. The molecular weight excluding hydrogens is 458 g/mol. The minimum absolute atomic E-state index is 0. The summed E-state index contributed by atoms with van der Waals surface area (Å²) in [4.78, 5) is 35.3. The molecule has 1 aromatic carbocycles. The molecule has 5 rings (SSSR count). The topological polar surface area (TPSA) is 102 Å². The van der Waals surface area contributed by atoms with Crippen molar-refractivity contribution in [3.05, 3.63) is 23.8 Å². The van der Waals surface area contributed by atoms with Gasteiger partial charge in [-0.25, -0.2) is 4.79 Å². The number of anilines is 1. The lowest BCUT2D eigenvalue weighted by Gasteiger charge is -2.47. The van der Waals surface area contributed by atoms with Gasteiger partial charge in [0.2, 0.25) is 0 Å². The molecule has 3 fully saturated rings. The molecule has 2 bridgehead atoms. The predicted molar refractivity (Wildman–Crippen MR) is 132 cm³/mol. The lowest BCUT2D eigenvalue weighted by molar-refractivity contribution is 0.0463. The van der Waals surface area contributed by atoms with Gasteiger partial charge >= 0.3 is 6.09 Å². The lowest BCUT2D eigenvalue weighted by Crippen LogP contribution is -2.58. The van der Waals surface area contributed by atoms with E-state index in [9.17, 15) is 14.7 Å². The number of carbonyl (C=O) groups excluding carboxylic acids is 1. The van der Waals surface area contributed by atoms with Crippen LogP contribution in [-0.4, -0.2) is 82.2 Å². The molecule has 4 heterocycles. The number of benzene rings is 1. The van der Waals surface area contributed by atoms with Crippen LogP contribution < -0.4 is 10.2 Å². The molecule has 186 valence electrons. The van der Waals surface area contributed by atoms with E-state index >= 15 is 0 Å². The summed E-state index contributed by atoms with van der Waals surface area (Å²) in [5.74, 6) is -0.107. The predicted octanol–water partition coefficient (Wildman–Crippen LogP) is 3.57. The number of hydrogen-bond donors (Lipinski definition) is 2. The number of nitrogens with zero attached hydrogens (tertiary/aromatic N) is 4. The summed E-state index contributed by atoms with van der Waals surface area (Å²) in [5.41, 5.74) is 1.65. The van der Waals surface area contributed by atoms with Crippen molar-refractivity contribution in [1.29, 1.82) is 0 Å². The Kier molecular flexibility index (Phi) is 6.96. The summed E-state index contributed by atoms with van der Waals surface area (Å²) in [5, 5.41) is 12.6. The zero-order chi connectivity index (χ0) is 23.3. The van der Waals surface area contributed by atoms with Gasteiger partial charge in [0.1, 0.15) is 5.52 Å². The molecule has 2 N–H and O–H groups in total. The van der Waals surface area contributed by atoms with Crippen molar-refractivity contribution in [3.63, 3.8) is 0 Å². The molecule has 10 heteroatoms. The molecule has 1 aromatic heterocycles. The molecule has 0 radical (unpaired) electrons. The summed E-state index contributed by atoms with van der Waals surface area (Å²) in [6.07, 6.45) is 4.74. The van der Waals surface area contributed by atoms with E-state index in [1.54, 1.807) is 6.07 Å². The van der Waals surface area contributed by atoms with Crippen LogP contribution >= 0.6 is 12.4 Å². The second-order valence-electron chi connectivity index (χ2n) is 9.99. The fraction of sp³-hybridized carbons (Fsp3) is 0.625. The maximum Gasteiger partial charge on any atom is 0.407 e. The Morgan fingerprint density at radius 3 is 2.38 bits per heavy atom. The summed E-state index contributed by atoms with van der Waals surface area (Å²) in [6.45, 7) is 4.69. The number of hydrogen-bond acceptors (Lipinski definition) is 6. The number of aromatic nitrogens is 1. The number of piperazine rings is 1. The number of carbonyl (C=O) groups is 2. The Morgan fingerprint density at radius 2 is 1.76 bits per heavy atom. The number of para-hydroxylation sites is 1. The van der Waals surface area contributed by atoms with Crippen LogP contribution in [0.2, 0.25) is 0 Å². The maximum atomic E-state index is 13.3. The third-order valence-corrected chi connectivity index (χ3v) is 7.74. The first-order valence-corrected chi connectivity index (χ1v) is 12.0. The third kappa shape index (κ3) is 4.43. The summed E-state index contributed by atoms with van der Waals surface area (Å²) < 4.78 is 6.06. The van der Waals surface area contributed by atoms with Crippen molar-refractivity contribution in [2.45, 2.75) is 76.2 Å². The largest absolute Gasteiger partial charge is 0.465 e. The van der Waals surface area contributed by atoms with E-state index in [2.05, 4.69) is 17.3 Å². The molecule has 0 spiro atoms. The fourth-order valence-corrected chi connectivity index (χ4v) is 6.08. The smallest absolute Gasteiger partial charge is 0.407 e. The normalized spacial score (nSPS) is 29.6. The monoisotopic (exact) mass is 491 g/mol. The van der Waals surface area contributed by atoms with Crippen LogP contribution in [0.15, 0.2) is 22.6 Å². The average molecular weight is 492 g/mol. The second-order valence-corrected chi connectivity index (χ2v) is 9.99. The fourth-order valence-electron chi connectivity index (χ4n) is 6.08. The van der Waals surface area contributed by atoms with Gasteiger partial charge in [-0.3, -0.25) is 4.79 Å². The van der Waals surface area contributed by atoms with Crippen molar-refractivity contribution in [2.75, 3.05) is 25.0 Å². The summed E-state index contributed by atoms with van der Waals surface area (Å²) in [6, 6.07) is 6.97. The highest BCUT2D eigenvalue weighted by Crippen LogP contribution is 2.33. The second kappa shape index (κ2) is 9.62. The Morgan fingerprint density at radius 1 is 1.12 bits per heavy atom. The molecule has 4 unspecified atom stereocenters. The summed E-state index contributed by atoms with van der Waals surface area (Å²) in [7, 11) is 2.21. The number of oxazole rings is 1. The quantitative estimate of drug-likeness (QED) is 0.676. The molecule has 34 heavy (non-hydrogen) atoms. The number of nitrogens with one attached hydrogen (secondary N) is 1. The van der Waals surface area contributed by atoms with Crippen LogP contribution in [0.3, 0.4) is 0 Å². The van der Waals surface area contributed by atoms with E-state index in [0.717, 1.165) is 12.8 Å².